The van der Waals surface area contributed by atoms with E-state index in [4.69, 9.17) is 0 Å². The summed E-state index contributed by atoms with van der Waals surface area (Å²) in [5.41, 5.74) is 3.77. The normalized spacial score (nSPS) is 11.0. The maximum atomic E-state index is 13.6. The van der Waals surface area contributed by atoms with Crippen LogP contribution in [-0.2, 0) is 13.5 Å². The van der Waals surface area contributed by atoms with E-state index in [1.165, 1.54) is 23.0 Å². The number of rotatable bonds is 5. The van der Waals surface area contributed by atoms with Gasteiger partial charge >= 0.3 is 0 Å². The number of nitrogens with zero attached hydrogens (tertiary/aromatic N) is 6. The summed E-state index contributed by atoms with van der Waals surface area (Å²) in [5, 5.41) is 8.49. The van der Waals surface area contributed by atoms with Crippen LogP contribution in [0.4, 0.5) is 8.78 Å². The summed E-state index contributed by atoms with van der Waals surface area (Å²) in [6.45, 7) is 0. The zero-order valence-corrected chi connectivity index (χ0v) is 18.1. The second-order valence-electron chi connectivity index (χ2n) is 7.74. The molecule has 0 fully saturated rings. The molecule has 0 radical (unpaired) electrons. The van der Waals surface area contributed by atoms with Crippen molar-refractivity contribution in [1.29, 1.82) is 0 Å². The molecular formula is C25H18F2N6O. The minimum Gasteiger partial charge on any atom is -0.288 e. The molecule has 9 heteroatoms. The average Bonchev–Trinajstić information content (AvgIpc) is 3.29. The Bertz CT molecular complexity index is 1540. The van der Waals surface area contributed by atoms with E-state index in [0.717, 1.165) is 34.4 Å². The van der Waals surface area contributed by atoms with Crippen LogP contribution in [0.3, 0.4) is 0 Å². The Morgan fingerprint density at radius 3 is 2.44 bits per heavy atom. The van der Waals surface area contributed by atoms with Crippen LogP contribution in [0.2, 0.25) is 0 Å². The van der Waals surface area contributed by atoms with Gasteiger partial charge in [-0.2, -0.15) is 10.2 Å². The van der Waals surface area contributed by atoms with E-state index in [2.05, 4.69) is 20.2 Å². The molecule has 0 atom stereocenters. The number of halogens is 2. The summed E-state index contributed by atoms with van der Waals surface area (Å²) in [7, 11) is 1.85. The first-order valence-corrected chi connectivity index (χ1v) is 10.4. The summed E-state index contributed by atoms with van der Waals surface area (Å²) in [6.07, 6.45) is 8.80. The van der Waals surface area contributed by atoms with Crippen LogP contribution >= 0.6 is 0 Å². The van der Waals surface area contributed by atoms with Crippen LogP contribution in [0.25, 0.3) is 28.2 Å². The molecule has 0 amide bonds. The number of aromatic nitrogens is 6. The zero-order chi connectivity index (χ0) is 23.7. The molecule has 168 valence electrons. The highest BCUT2D eigenvalue weighted by atomic mass is 19.2. The lowest BCUT2D eigenvalue weighted by molar-refractivity contribution is 0.507. The molecule has 3 heterocycles. The van der Waals surface area contributed by atoms with E-state index in [1.807, 2.05) is 37.5 Å². The predicted molar refractivity (Wildman–Crippen MR) is 122 cm³/mol. The fourth-order valence-electron chi connectivity index (χ4n) is 3.55. The van der Waals surface area contributed by atoms with Crippen molar-refractivity contribution in [2.45, 2.75) is 6.42 Å². The van der Waals surface area contributed by atoms with Gasteiger partial charge in [-0.25, -0.2) is 23.4 Å². The third-order valence-corrected chi connectivity index (χ3v) is 5.29. The zero-order valence-electron chi connectivity index (χ0n) is 18.1. The monoisotopic (exact) mass is 456 g/mol. The van der Waals surface area contributed by atoms with E-state index in [-0.39, 0.29) is 17.5 Å². The summed E-state index contributed by atoms with van der Waals surface area (Å²) in [6, 6.07) is 12.3. The van der Waals surface area contributed by atoms with Crippen LogP contribution in [-0.4, -0.2) is 29.5 Å². The lowest BCUT2D eigenvalue weighted by Crippen LogP contribution is -2.16. The van der Waals surface area contributed by atoms with Gasteiger partial charge in [0, 0.05) is 67.1 Å². The molecule has 0 saturated carbocycles. The first-order chi connectivity index (χ1) is 16.5. The molecule has 0 aliphatic heterocycles. The van der Waals surface area contributed by atoms with Crippen molar-refractivity contribution in [3.63, 3.8) is 0 Å². The van der Waals surface area contributed by atoms with Crippen LogP contribution in [0.5, 0.6) is 0 Å². The molecule has 0 bridgehead atoms. The van der Waals surface area contributed by atoms with Gasteiger partial charge in [0.15, 0.2) is 17.5 Å². The highest BCUT2D eigenvalue weighted by Crippen LogP contribution is 2.21. The van der Waals surface area contributed by atoms with Crippen molar-refractivity contribution < 1.29 is 8.78 Å². The molecule has 2 aromatic carbocycles. The standard InChI is InChI=1S/C25H18F2N6O/c1-32-15-19(14-30-32)18-12-28-25(29-13-18)17-4-2-3-16(9-17)10-23-24(34)7-8-33(31-23)20-5-6-21(26)22(27)11-20/h2-9,11-15H,10H2,1H3. The van der Waals surface area contributed by atoms with Gasteiger partial charge in [0.25, 0.3) is 0 Å². The Hall–Kier alpha value is -4.53. The highest BCUT2D eigenvalue weighted by Gasteiger charge is 2.10. The number of benzene rings is 2. The Morgan fingerprint density at radius 2 is 1.71 bits per heavy atom. The molecular weight excluding hydrogens is 438 g/mol. The lowest BCUT2D eigenvalue weighted by atomic mass is 10.1. The smallest absolute Gasteiger partial charge is 0.203 e. The second-order valence-corrected chi connectivity index (χ2v) is 7.74. The fraction of sp³-hybridized carbons (Fsp3) is 0.0800. The van der Waals surface area contributed by atoms with Crippen molar-refractivity contribution in [1.82, 2.24) is 29.5 Å². The molecule has 7 nitrogen and oxygen atoms in total. The quantitative estimate of drug-likeness (QED) is 0.400. The maximum absolute atomic E-state index is 13.6. The van der Waals surface area contributed by atoms with Crippen LogP contribution in [0.1, 0.15) is 11.3 Å². The van der Waals surface area contributed by atoms with Crippen LogP contribution < -0.4 is 5.43 Å². The van der Waals surface area contributed by atoms with Gasteiger partial charge in [-0.1, -0.05) is 18.2 Å². The number of aryl methyl sites for hydroxylation is 1. The van der Waals surface area contributed by atoms with Crippen molar-refractivity contribution in [2.24, 2.45) is 7.05 Å². The van der Waals surface area contributed by atoms with E-state index >= 15 is 0 Å². The Kier molecular flexibility index (Phi) is 5.51. The average molecular weight is 456 g/mol. The first-order valence-electron chi connectivity index (χ1n) is 10.4. The molecule has 5 aromatic rings. The minimum absolute atomic E-state index is 0.249. The van der Waals surface area contributed by atoms with E-state index in [9.17, 15) is 13.6 Å². The van der Waals surface area contributed by atoms with Crippen LogP contribution in [0, 0.1) is 11.6 Å². The van der Waals surface area contributed by atoms with E-state index in [1.54, 1.807) is 23.3 Å². The van der Waals surface area contributed by atoms with E-state index in [0.29, 0.717) is 11.5 Å². The molecule has 0 aliphatic carbocycles. The summed E-state index contributed by atoms with van der Waals surface area (Å²) in [5.74, 6) is -1.38. The predicted octanol–water partition coefficient (Wildman–Crippen LogP) is 3.96. The SMILES string of the molecule is Cn1cc(-c2cnc(-c3cccc(Cc4nn(-c5ccc(F)c(F)c5)ccc4=O)c3)nc2)cn1. The molecule has 0 spiro atoms. The van der Waals surface area contributed by atoms with Gasteiger partial charge in [-0.3, -0.25) is 9.48 Å². The molecule has 5 rings (SSSR count). The summed E-state index contributed by atoms with van der Waals surface area (Å²) >= 11 is 0. The van der Waals surface area contributed by atoms with Crippen LogP contribution in [0.15, 0.2) is 84.3 Å². The van der Waals surface area contributed by atoms with Gasteiger partial charge in [0.2, 0.25) is 5.43 Å². The highest BCUT2D eigenvalue weighted by molar-refractivity contribution is 5.62. The molecule has 0 N–H and O–H groups in total. The van der Waals surface area contributed by atoms with Gasteiger partial charge in [0.1, 0.15) is 5.69 Å². The topological polar surface area (TPSA) is 78.5 Å². The Balaban J connectivity index is 1.41. The van der Waals surface area contributed by atoms with Crippen molar-refractivity contribution in [3.05, 3.63) is 113 Å². The lowest BCUT2D eigenvalue weighted by Gasteiger charge is -2.09. The van der Waals surface area contributed by atoms with Gasteiger partial charge in [0.05, 0.1) is 11.9 Å². The van der Waals surface area contributed by atoms with Gasteiger partial charge < -0.3 is 0 Å². The third kappa shape index (κ3) is 4.36. The Labute approximate surface area is 193 Å². The maximum Gasteiger partial charge on any atom is 0.203 e. The summed E-state index contributed by atoms with van der Waals surface area (Å²) in [4.78, 5) is 21.4. The number of hydrogen-bond acceptors (Lipinski definition) is 5. The van der Waals surface area contributed by atoms with Crippen molar-refractivity contribution in [3.8, 4) is 28.2 Å². The molecule has 0 unspecified atom stereocenters. The fourth-order valence-corrected chi connectivity index (χ4v) is 3.55. The largest absolute Gasteiger partial charge is 0.288 e. The first kappa shape index (κ1) is 21.3. The third-order valence-electron chi connectivity index (χ3n) is 5.29. The minimum atomic E-state index is -0.984. The Morgan fingerprint density at radius 1 is 0.882 bits per heavy atom. The number of hydrogen-bond donors (Lipinski definition) is 0. The molecule has 0 saturated heterocycles. The second kappa shape index (κ2) is 8.78. The van der Waals surface area contributed by atoms with Gasteiger partial charge in [-0.05, 0) is 23.8 Å². The summed E-state index contributed by atoms with van der Waals surface area (Å²) < 4.78 is 30.0. The molecule has 3 aromatic heterocycles. The van der Waals surface area contributed by atoms with E-state index < -0.39 is 11.6 Å². The van der Waals surface area contributed by atoms with Crippen molar-refractivity contribution in [2.75, 3.05) is 0 Å². The molecule has 0 aliphatic rings. The van der Waals surface area contributed by atoms with Crippen molar-refractivity contribution >= 4 is 0 Å². The van der Waals surface area contributed by atoms with Gasteiger partial charge in [-0.15, -0.1) is 0 Å². The molecule has 34 heavy (non-hydrogen) atoms.